The minimum Gasteiger partial charge on any atom is -0.497 e. The van der Waals surface area contributed by atoms with Crippen molar-refractivity contribution in [3.8, 4) is 10.9 Å². The number of carbonyl (C=O) groups excluding carboxylic acids is 1. The van der Waals surface area contributed by atoms with Crippen molar-refractivity contribution >= 4 is 56.5 Å². The molecule has 0 bridgehead atoms. The number of hydrogen-bond acceptors (Lipinski definition) is 5. The van der Waals surface area contributed by atoms with E-state index in [1.807, 2.05) is 31.2 Å². The van der Waals surface area contributed by atoms with E-state index in [9.17, 15) is 4.79 Å². The van der Waals surface area contributed by atoms with Crippen molar-refractivity contribution in [1.82, 2.24) is 14.8 Å². The first kappa shape index (κ1) is 19.4. The third-order valence-electron chi connectivity index (χ3n) is 5.21. The summed E-state index contributed by atoms with van der Waals surface area (Å²) < 4.78 is 7.99. The molecule has 0 unspecified atom stereocenters. The molecule has 3 heterocycles. The van der Waals surface area contributed by atoms with Crippen molar-refractivity contribution in [1.29, 1.82) is 0 Å². The van der Waals surface area contributed by atoms with Crippen molar-refractivity contribution in [2.45, 2.75) is 19.3 Å². The van der Waals surface area contributed by atoms with Gasteiger partial charge in [0, 0.05) is 27.9 Å². The average molecular weight is 459 g/mol. The Kier molecular flexibility index (Phi) is 4.69. The monoisotopic (exact) mass is 458 g/mol. The average Bonchev–Trinajstić information content (AvgIpc) is 3.27. The number of hydrogen-bond donors (Lipinski definition) is 1. The van der Waals surface area contributed by atoms with Crippen LogP contribution in [-0.4, -0.2) is 27.8 Å². The number of amides is 1. The molecule has 9 heteroatoms. The van der Waals surface area contributed by atoms with E-state index in [1.54, 1.807) is 23.9 Å². The zero-order chi connectivity index (χ0) is 21.0. The number of nitrogens with one attached hydrogen (secondary N) is 1. The zero-order valence-corrected chi connectivity index (χ0v) is 18.4. The van der Waals surface area contributed by atoms with Gasteiger partial charge in [0.05, 0.1) is 23.0 Å². The van der Waals surface area contributed by atoms with Gasteiger partial charge in [0.2, 0.25) is 11.0 Å². The van der Waals surface area contributed by atoms with Crippen molar-refractivity contribution in [3.05, 3.63) is 63.3 Å². The Balaban J connectivity index is 1.66. The van der Waals surface area contributed by atoms with E-state index >= 15 is 0 Å². The number of carbonyl (C=O) groups is 1. The number of halogens is 2. The van der Waals surface area contributed by atoms with Gasteiger partial charge in [-0.25, -0.2) is 4.98 Å². The largest absolute Gasteiger partial charge is 0.497 e. The van der Waals surface area contributed by atoms with E-state index < -0.39 is 0 Å². The number of aryl methyl sites for hydroxylation is 1. The molecule has 1 atom stereocenters. The summed E-state index contributed by atoms with van der Waals surface area (Å²) in [5.41, 5.74) is 3.46. The molecule has 0 spiro atoms. The number of rotatable bonds is 3. The Bertz CT molecular complexity index is 1310. The van der Waals surface area contributed by atoms with E-state index in [2.05, 4.69) is 5.32 Å². The van der Waals surface area contributed by atoms with Crippen LogP contribution in [0.15, 0.2) is 36.4 Å². The fourth-order valence-corrected chi connectivity index (χ4v) is 5.34. The summed E-state index contributed by atoms with van der Waals surface area (Å²) in [4.78, 5) is 17.3. The van der Waals surface area contributed by atoms with Gasteiger partial charge in [-0.3, -0.25) is 4.79 Å². The van der Waals surface area contributed by atoms with Gasteiger partial charge >= 0.3 is 0 Å². The molecule has 4 aromatic rings. The first-order valence-electron chi connectivity index (χ1n) is 9.24. The maximum absolute atomic E-state index is 12.6. The topological polar surface area (TPSA) is 69.0 Å². The van der Waals surface area contributed by atoms with Gasteiger partial charge in [0.1, 0.15) is 11.6 Å². The van der Waals surface area contributed by atoms with Crippen LogP contribution in [0.2, 0.25) is 10.0 Å². The molecule has 1 aliphatic rings. The van der Waals surface area contributed by atoms with Crippen molar-refractivity contribution < 1.29 is 9.53 Å². The zero-order valence-electron chi connectivity index (χ0n) is 16.1. The normalized spacial score (nSPS) is 15.9. The van der Waals surface area contributed by atoms with Crippen LogP contribution in [0.3, 0.4) is 0 Å². The lowest BCUT2D eigenvalue weighted by atomic mass is 9.86. The smallest absolute Gasteiger partial charge is 0.226 e. The van der Waals surface area contributed by atoms with Crippen LogP contribution in [0.5, 0.6) is 5.75 Å². The van der Waals surface area contributed by atoms with Crippen molar-refractivity contribution in [3.63, 3.8) is 0 Å². The second-order valence-corrected chi connectivity index (χ2v) is 8.91. The van der Waals surface area contributed by atoms with Crippen LogP contribution in [-0.2, 0) is 4.79 Å². The molecule has 0 saturated carbocycles. The van der Waals surface area contributed by atoms with E-state index in [1.165, 1.54) is 11.3 Å². The van der Waals surface area contributed by atoms with Crippen LogP contribution in [0, 0.1) is 6.92 Å². The number of fused-ring (bicyclic) bond motifs is 2. The molecule has 2 aromatic heterocycles. The fourth-order valence-electron chi connectivity index (χ4n) is 3.85. The van der Waals surface area contributed by atoms with Gasteiger partial charge in [-0.2, -0.15) is 9.78 Å². The highest BCUT2D eigenvalue weighted by Crippen LogP contribution is 2.43. The van der Waals surface area contributed by atoms with Crippen LogP contribution in [0.25, 0.3) is 15.3 Å². The third-order valence-corrected chi connectivity index (χ3v) is 6.76. The molecule has 1 amide bonds. The Morgan fingerprint density at radius 1 is 1.23 bits per heavy atom. The van der Waals surface area contributed by atoms with Crippen LogP contribution < -0.4 is 10.1 Å². The SMILES string of the molecule is COc1ccc2nc(-n3nc(C)c4c3NC(=O)C[C@H]4c3ccc(Cl)cc3Cl)sc2c1. The van der Waals surface area contributed by atoms with E-state index in [0.29, 0.717) is 21.0 Å². The number of benzene rings is 2. The lowest BCUT2D eigenvalue weighted by Gasteiger charge is -2.24. The van der Waals surface area contributed by atoms with E-state index in [0.717, 1.165) is 32.8 Å². The number of methoxy groups -OCH3 is 1. The predicted molar refractivity (Wildman–Crippen MR) is 120 cm³/mol. The number of thiazole rings is 1. The van der Waals surface area contributed by atoms with Gasteiger partial charge in [0.25, 0.3) is 0 Å². The Hall–Kier alpha value is -2.61. The van der Waals surface area contributed by atoms with E-state index in [-0.39, 0.29) is 18.2 Å². The quantitative estimate of drug-likeness (QED) is 0.434. The molecule has 1 aliphatic heterocycles. The third kappa shape index (κ3) is 3.14. The highest BCUT2D eigenvalue weighted by Gasteiger charge is 2.34. The van der Waals surface area contributed by atoms with Crippen molar-refractivity contribution in [2.24, 2.45) is 0 Å². The molecule has 1 N–H and O–H groups in total. The number of ether oxygens (including phenoxy) is 1. The molecule has 30 heavy (non-hydrogen) atoms. The summed E-state index contributed by atoms with van der Waals surface area (Å²) in [6.07, 6.45) is 0.290. The Morgan fingerprint density at radius 2 is 2.07 bits per heavy atom. The maximum atomic E-state index is 12.6. The summed E-state index contributed by atoms with van der Waals surface area (Å²) in [7, 11) is 1.63. The highest BCUT2D eigenvalue weighted by molar-refractivity contribution is 7.20. The van der Waals surface area contributed by atoms with Gasteiger partial charge < -0.3 is 10.1 Å². The predicted octanol–water partition coefficient (Wildman–Crippen LogP) is 5.58. The molecule has 0 radical (unpaired) electrons. The molecule has 0 aliphatic carbocycles. The van der Waals surface area contributed by atoms with Crippen LogP contribution >= 0.6 is 34.5 Å². The molecule has 0 fully saturated rings. The number of aromatic nitrogens is 3. The fraction of sp³-hybridized carbons (Fsp3) is 0.190. The first-order chi connectivity index (χ1) is 14.4. The second-order valence-electron chi connectivity index (χ2n) is 7.06. The molecular formula is C21H16Cl2N4O2S. The molecule has 5 rings (SSSR count). The molecular weight excluding hydrogens is 443 g/mol. The summed E-state index contributed by atoms with van der Waals surface area (Å²) in [5, 5.41) is 9.45. The Labute approximate surface area is 186 Å². The summed E-state index contributed by atoms with van der Waals surface area (Å²) in [6, 6.07) is 11.1. The minimum atomic E-state index is -0.207. The highest BCUT2D eigenvalue weighted by atomic mass is 35.5. The van der Waals surface area contributed by atoms with Gasteiger partial charge in [-0.1, -0.05) is 40.6 Å². The first-order valence-corrected chi connectivity index (χ1v) is 10.8. The maximum Gasteiger partial charge on any atom is 0.226 e. The molecule has 152 valence electrons. The lowest BCUT2D eigenvalue weighted by molar-refractivity contribution is -0.116. The second kappa shape index (κ2) is 7.27. The number of nitrogens with zero attached hydrogens (tertiary/aromatic N) is 3. The minimum absolute atomic E-state index is 0.0950. The number of anilines is 1. The van der Waals surface area contributed by atoms with Gasteiger partial charge in [-0.05, 0) is 42.8 Å². The van der Waals surface area contributed by atoms with Crippen molar-refractivity contribution in [2.75, 3.05) is 12.4 Å². The van der Waals surface area contributed by atoms with Gasteiger partial charge in [0.15, 0.2) is 0 Å². The van der Waals surface area contributed by atoms with Crippen LogP contribution in [0.4, 0.5) is 5.82 Å². The summed E-state index contributed by atoms with van der Waals surface area (Å²) in [6.45, 7) is 1.93. The van der Waals surface area contributed by atoms with Gasteiger partial charge in [-0.15, -0.1) is 0 Å². The standard InChI is InChI=1S/C21H16Cl2N4O2S/c1-10-19-14(13-5-3-11(22)7-15(13)23)9-18(28)25-20(19)27(26-10)21-24-16-6-4-12(29-2)8-17(16)30-21/h3-8,14H,9H2,1-2H3,(H,25,28)/t14-/m0/s1. The summed E-state index contributed by atoms with van der Waals surface area (Å²) in [5.74, 6) is 1.09. The molecule has 2 aromatic carbocycles. The summed E-state index contributed by atoms with van der Waals surface area (Å²) >= 11 is 14.0. The molecule has 6 nitrogen and oxygen atoms in total. The molecule has 0 saturated heterocycles. The van der Waals surface area contributed by atoms with E-state index in [4.69, 9.17) is 38.0 Å². The van der Waals surface area contributed by atoms with Crippen LogP contribution in [0.1, 0.15) is 29.2 Å². The lowest BCUT2D eigenvalue weighted by Crippen LogP contribution is -2.25. The Morgan fingerprint density at radius 3 is 2.83 bits per heavy atom.